The molecule has 0 aliphatic carbocycles. The number of aryl methyl sites for hydroxylation is 3. The second kappa shape index (κ2) is 5.46. The molecule has 22 heavy (non-hydrogen) atoms. The van der Waals surface area contributed by atoms with Crippen molar-refractivity contribution in [3.8, 4) is 0 Å². The minimum absolute atomic E-state index is 0.199. The third-order valence-electron chi connectivity index (χ3n) is 3.74. The number of benzene rings is 1. The van der Waals surface area contributed by atoms with E-state index in [-0.39, 0.29) is 5.91 Å². The molecule has 1 aromatic carbocycles. The number of anilines is 1. The molecule has 0 saturated heterocycles. The first-order valence-corrected chi connectivity index (χ1v) is 7.36. The van der Waals surface area contributed by atoms with Crippen molar-refractivity contribution in [2.24, 2.45) is 0 Å². The van der Waals surface area contributed by atoms with Gasteiger partial charge in [0.05, 0.1) is 10.7 Å². The molecular formula is C17H16ClN3O. The Labute approximate surface area is 133 Å². The molecule has 112 valence electrons. The van der Waals surface area contributed by atoms with Gasteiger partial charge >= 0.3 is 0 Å². The molecule has 2 aromatic heterocycles. The number of pyridine rings is 1. The lowest BCUT2D eigenvalue weighted by molar-refractivity contribution is 0.102. The summed E-state index contributed by atoms with van der Waals surface area (Å²) in [6.07, 6.45) is 1.70. The van der Waals surface area contributed by atoms with Gasteiger partial charge in [-0.1, -0.05) is 17.7 Å². The van der Waals surface area contributed by atoms with Crippen molar-refractivity contribution >= 4 is 28.8 Å². The van der Waals surface area contributed by atoms with Crippen LogP contribution in [0.25, 0.3) is 5.65 Å². The Morgan fingerprint density at radius 1 is 1.14 bits per heavy atom. The van der Waals surface area contributed by atoms with Crippen LogP contribution in [0.15, 0.2) is 36.5 Å². The number of carbonyl (C=O) groups is 1. The van der Waals surface area contributed by atoms with Crippen LogP contribution in [-0.4, -0.2) is 15.3 Å². The van der Waals surface area contributed by atoms with Crippen LogP contribution in [0.5, 0.6) is 0 Å². The SMILES string of the molecule is Cc1ccc(NC(=O)c2c(C)nc3ccc(Cl)cn23)cc1C. The molecule has 4 nitrogen and oxygen atoms in total. The van der Waals surface area contributed by atoms with E-state index < -0.39 is 0 Å². The van der Waals surface area contributed by atoms with Crippen molar-refractivity contribution in [3.63, 3.8) is 0 Å². The standard InChI is InChI=1S/C17H16ClN3O/c1-10-4-6-14(8-11(10)2)20-17(22)16-12(3)19-15-7-5-13(18)9-21(15)16/h4-9H,1-3H3,(H,20,22). The molecule has 1 amide bonds. The van der Waals surface area contributed by atoms with Crippen LogP contribution in [0.2, 0.25) is 5.02 Å². The smallest absolute Gasteiger partial charge is 0.274 e. The summed E-state index contributed by atoms with van der Waals surface area (Å²) in [5, 5.41) is 3.48. The third-order valence-corrected chi connectivity index (χ3v) is 3.96. The van der Waals surface area contributed by atoms with E-state index in [0.717, 1.165) is 11.3 Å². The maximum Gasteiger partial charge on any atom is 0.274 e. The number of halogens is 1. The van der Waals surface area contributed by atoms with Gasteiger partial charge in [0.15, 0.2) is 0 Å². The number of fused-ring (bicyclic) bond motifs is 1. The zero-order chi connectivity index (χ0) is 15.9. The molecule has 0 saturated carbocycles. The summed E-state index contributed by atoms with van der Waals surface area (Å²) < 4.78 is 1.72. The van der Waals surface area contributed by atoms with Crippen LogP contribution in [0, 0.1) is 20.8 Å². The Hall–Kier alpha value is -2.33. The van der Waals surface area contributed by atoms with Crippen LogP contribution in [0.3, 0.4) is 0 Å². The van der Waals surface area contributed by atoms with E-state index in [4.69, 9.17) is 11.6 Å². The van der Waals surface area contributed by atoms with E-state index in [0.29, 0.717) is 22.1 Å². The minimum atomic E-state index is -0.199. The number of hydrogen-bond acceptors (Lipinski definition) is 2. The van der Waals surface area contributed by atoms with E-state index in [9.17, 15) is 4.79 Å². The van der Waals surface area contributed by atoms with Crippen molar-refractivity contribution in [2.75, 3.05) is 5.32 Å². The molecule has 3 aromatic rings. The average Bonchev–Trinajstić information content (AvgIpc) is 2.78. The second-order valence-corrected chi connectivity index (χ2v) is 5.81. The summed E-state index contributed by atoms with van der Waals surface area (Å²) in [7, 11) is 0. The van der Waals surface area contributed by atoms with Gasteiger partial charge in [0.25, 0.3) is 5.91 Å². The summed E-state index contributed by atoms with van der Waals surface area (Å²) in [4.78, 5) is 17.0. The zero-order valence-corrected chi connectivity index (χ0v) is 13.4. The van der Waals surface area contributed by atoms with Gasteiger partial charge in [0.1, 0.15) is 11.3 Å². The van der Waals surface area contributed by atoms with Gasteiger partial charge < -0.3 is 5.32 Å². The fourth-order valence-corrected chi connectivity index (χ4v) is 2.58. The van der Waals surface area contributed by atoms with Crippen LogP contribution >= 0.6 is 11.6 Å². The Kier molecular flexibility index (Phi) is 3.62. The quantitative estimate of drug-likeness (QED) is 0.772. The predicted octanol–water partition coefficient (Wildman–Crippen LogP) is 4.17. The summed E-state index contributed by atoms with van der Waals surface area (Å²) in [6, 6.07) is 9.39. The van der Waals surface area contributed by atoms with Crippen molar-refractivity contribution in [1.82, 2.24) is 9.38 Å². The number of hydrogen-bond donors (Lipinski definition) is 1. The van der Waals surface area contributed by atoms with Gasteiger partial charge in [0, 0.05) is 11.9 Å². The van der Waals surface area contributed by atoms with Crippen LogP contribution in [0.4, 0.5) is 5.69 Å². The minimum Gasteiger partial charge on any atom is -0.321 e. The van der Waals surface area contributed by atoms with Crippen LogP contribution in [0.1, 0.15) is 27.3 Å². The monoisotopic (exact) mass is 313 g/mol. The average molecular weight is 314 g/mol. The maximum absolute atomic E-state index is 12.6. The summed E-state index contributed by atoms with van der Waals surface area (Å²) in [5.74, 6) is -0.199. The molecule has 0 radical (unpaired) electrons. The van der Waals surface area contributed by atoms with Crippen molar-refractivity contribution in [1.29, 1.82) is 0 Å². The van der Waals surface area contributed by atoms with E-state index in [1.54, 1.807) is 22.7 Å². The molecule has 0 aliphatic rings. The van der Waals surface area contributed by atoms with E-state index in [2.05, 4.69) is 10.3 Å². The first kappa shape index (κ1) is 14.6. The molecule has 0 spiro atoms. The van der Waals surface area contributed by atoms with Crippen LogP contribution < -0.4 is 5.32 Å². The fraction of sp³-hybridized carbons (Fsp3) is 0.176. The molecule has 5 heteroatoms. The Bertz CT molecular complexity index is 883. The first-order chi connectivity index (χ1) is 10.5. The number of nitrogens with one attached hydrogen (secondary N) is 1. The highest BCUT2D eigenvalue weighted by atomic mass is 35.5. The summed E-state index contributed by atoms with van der Waals surface area (Å²) >= 11 is 6.02. The highest BCUT2D eigenvalue weighted by molar-refractivity contribution is 6.30. The molecule has 0 unspecified atom stereocenters. The van der Waals surface area contributed by atoms with E-state index >= 15 is 0 Å². The lowest BCUT2D eigenvalue weighted by Gasteiger charge is -2.08. The van der Waals surface area contributed by atoms with Crippen molar-refractivity contribution < 1.29 is 4.79 Å². The Morgan fingerprint density at radius 2 is 1.91 bits per heavy atom. The van der Waals surface area contributed by atoms with Gasteiger partial charge in [-0.2, -0.15) is 0 Å². The maximum atomic E-state index is 12.6. The molecule has 2 heterocycles. The zero-order valence-electron chi connectivity index (χ0n) is 12.6. The van der Waals surface area contributed by atoms with E-state index in [1.807, 2.05) is 39.0 Å². The largest absolute Gasteiger partial charge is 0.321 e. The van der Waals surface area contributed by atoms with Gasteiger partial charge in [-0.25, -0.2) is 4.98 Å². The van der Waals surface area contributed by atoms with E-state index in [1.165, 1.54) is 5.56 Å². The number of nitrogens with zero attached hydrogens (tertiary/aromatic N) is 2. The van der Waals surface area contributed by atoms with Gasteiger partial charge in [0.2, 0.25) is 0 Å². The molecule has 0 bridgehead atoms. The van der Waals surface area contributed by atoms with Crippen molar-refractivity contribution in [2.45, 2.75) is 20.8 Å². The van der Waals surface area contributed by atoms with Crippen LogP contribution in [-0.2, 0) is 0 Å². The lowest BCUT2D eigenvalue weighted by atomic mass is 10.1. The molecule has 0 fully saturated rings. The predicted molar refractivity (Wildman–Crippen MR) is 88.8 cm³/mol. The third kappa shape index (κ3) is 2.57. The Balaban J connectivity index is 2.00. The second-order valence-electron chi connectivity index (χ2n) is 5.37. The molecular weight excluding hydrogens is 298 g/mol. The van der Waals surface area contributed by atoms with Gasteiger partial charge in [-0.3, -0.25) is 9.20 Å². The molecule has 3 rings (SSSR count). The molecule has 0 aliphatic heterocycles. The number of aromatic nitrogens is 2. The number of rotatable bonds is 2. The summed E-state index contributed by atoms with van der Waals surface area (Å²) in [5.41, 5.74) is 4.96. The molecule has 0 atom stereocenters. The Morgan fingerprint density at radius 3 is 2.64 bits per heavy atom. The highest BCUT2D eigenvalue weighted by Gasteiger charge is 2.17. The topological polar surface area (TPSA) is 46.4 Å². The number of carbonyl (C=O) groups excluding carboxylic acids is 1. The molecule has 1 N–H and O–H groups in total. The van der Waals surface area contributed by atoms with Gasteiger partial charge in [-0.15, -0.1) is 0 Å². The highest BCUT2D eigenvalue weighted by Crippen LogP contribution is 2.19. The first-order valence-electron chi connectivity index (χ1n) is 6.98. The number of imidazole rings is 1. The normalized spacial score (nSPS) is 10.9. The number of amides is 1. The van der Waals surface area contributed by atoms with Gasteiger partial charge in [-0.05, 0) is 56.2 Å². The summed E-state index contributed by atoms with van der Waals surface area (Å²) in [6.45, 7) is 5.87. The fourth-order valence-electron chi connectivity index (χ4n) is 2.42. The lowest BCUT2D eigenvalue weighted by Crippen LogP contribution is -2.15. The van der Waals surface area contributed by atoms with Crippen molar-refractivity contribution in [3.05, 3.63) is 64.1 Å².